The van der Waals surface area contributed by atoms with E-state index in [0.717, 1.165) is 5.03 Å². The van der Waals surface area contributed by atoms with Crippen LogP contribution in [0.4, 0.5) is 0 Å². The molecule has 1 aromatic rings. The van der Waals surface area contributed by atoms with Gasteiger partial charge < -0.3 is 10.2 Å². The lowest BCUT2D eigenvalue weighted by atomic mass is 10.2. The molecule has 1 aliphatic heterocycles. The number of carboxylic acids is 1. The lowest BCUT2D eigenvalue weighted by molar-refractivity contribution is -0.135. The molecular formula is C11H10N2O4S. The van der Waals surface area contributed by atoms with Gasteiger partial charge in [-0.1, -0.05) is 12.2 Å². The molecule has 2 heterocycles. The highest BCUT2D eigenvalue weighted by Crippen LogP contribution is 2.40. The van der Waals surface area contributed by atoms with Crippen LogP contribution in [0.1, 0.15) is 10.5 Å². The zero-order valence-corrected chi connectivity index (χ0v) is 9.96. The van der Waals surface area contributed by atoms with Gasteiger partial charge in [-0.15, -0.1) is 0 Å². The number of aliphatic carboxylic acids is 1. The van der Waals surface area contributed by atoms with Gasteiger partial charge in [0.15, 0.2) is 0 Å². The fourth-order valence-electron chi connectivity index (χ4n) is 1.32. The van der Waals surface area contributed by atoms with Gasteiger partial charge >= 0.3 is 5.97 Å². The van der Waals surface area contributed by atoms with E-state index in [9.17, 15) is 9.59 Å². The van der Waals surface area contributed by atoms with Gasteiger partial charge in [0.25, 0.3) is 0 Å². The highest BCUT2D eigenvalue weighted by atomic mass is 32.2. The Labute approximate surface area is 105 Å². The van der Waals surface area contributed by atoms with Gasteiger partial charge in [-0.3, -0.25) is 9.89 Å². The van der Waals surface area contributed by atoms with Crippen molar-refractivity contribution in [2.75, 3.05) is 0 Å². The van der Waals surface area contributed by atoms with Crippen LogP contribution in [0, 0.1) is 0 Å². The number of aromatic nitrogens is 2. The summed E-state index contributed by atoms with van der Waals surface area (Å²) in [7, 11) is -0.632. The van der Waals surface area contributed by atoms with Crippen LogP contribution in [0.5, 0.6) is 0 Å². The van der Waals surface area contributed by atoms with Crippen molar-refractivity contribution in [3.63, 3.8) is 0 Å². The molecule has 94 valence electrons. The maximum atomic E-state index is 11.6. The van der Waals surface area contributed by atoms with Crippen molar-refractivity contribution in [2.45, 2.75) is 5.03 Å². The third-order valence-corrected chi connectivity index (χ3v) is 3.93. The monoisotopic (exact) mass is 266 g/mol. The van der Waals surface area contributed by atoms with Crippen molar-refractivity contribution in [3.05, 3.63) is 46.6 Å². The zero-order chi connectivity index (χ0) is 13.1. The van der Waals surface area contributed by atoms with Crippen molar-refractivity contribution in [1.82, 2.24) is 10.2 Å². The number of H-pyrrole nitrogens is 1. The summed E-state index contributed by atoms with van der Waals surface area (Å²) >= 11 is 0. The lowest BCUT2D eigenvalue weighted by Crippen LogP contribution is -2.04. The molecule has 0 spiro atoms. The Balaban J connectivity index is 2.17. The standard InChI is InChI=1S/C11H10N2O4S/c14-8(6-9(15)11(16)17)7-5-10(13-12-7)18-3-1-2-4-18/h1-6,15,18H,(H,12,13)(H,16,17). The highest BCUT2D eigenvalue weighted by Gasteiger charge is 2.14. The molecule has 0 saturated heterocycles. The van der Waals surface area contributed by atoms with Crippen molar-refractivity contribution in [1.29, 1.82) is 0 Å². The average Bonchev–Trinajstić information content (AvgIpc) is 2.99. The molecular weight excluding hydrogens is 256 g/mol. The van der Waals surface area contributed by atoms with Crippen molar-refractivity contribution in [3.8, 4) is 0 Å². The summed E-state index contributed by atoms with van der Waals surface area (Å²) in [6.07, 6.45) is 4.45. The summed E-state index contributed by atoms with van der Waals surface area (Å²) in [5, 5.41) is 28.6. The number of rotatable bonds is 4. The minimum absolute atomic E-state index is 0.147. The fraction of sp³-hybridized carbons (Fsp3) is 0. The maximum absolute atomic E-state index is 11.6. The molecule has 1 aliphatic rings. The number of nitrogens with one attached hydrogen (secondary N) is 1. The molecule has 18 heavy (non-hydrogen) atoms. The Hall–Kier alpha value is -2.28. The summed E-state index contributed by atoms with van der Waals surface area (Å²) in [6.45, 7) is 0. The predicted octanol–water partition coefficient (Wildman–Crippen LogP) is 1.52. The quantitative estimate of drug-likeness (QED) is 0.286. The summed E-state index contributed by atoms with van der Waals surface area (Å²) in [4.78, 5) is 22.0. The minimum atomic E-state index is -1.55. The number of nitrogens with zero attached hydrogens (tertiary/aromatic N) is 1. The first kappa shape index (κ1) is 12.2. The first-order chi connectivity index (χ1) is 8.58. The molecule has 0 amide bonds. The number of allylic oxidation sites excluding steroid dienone is 3. The van der Waals surface area contributed by atoms with Crippen LogP contribution in [0.2, 0.25) is 0 Å². The van der Waals surface area contributed by atoms with Crippen LogP contribution in [-0.4, -0.2) is 32.2 Å². The number of hydrogen-bond acceptors (Lipinski definition) is 4. The Kier molecular flexibility index (Phi) is 3.33. The number of thiol groups is 1. The maximum Gasteiger partial charge on any atom is 0.371 e. The Morgan fingerprint density at radius 1 is 1.28 bits per heavy atom. The van der Waals surface area contributed by atoms with Gasteiger partial charge in [0.1, 0.15) is 10.7 Å². The van der Waals surface area contributed by atoms with Gasteiger partial charge in [-0.25, -0.2) is 4.79 Å². The van der Waals surface area contributed by atoms with Gasteiger partial charge in [-0.2, -0.15) is 16.0 Å². The number of ketones is 1. The van der Waals surface area contributed by atoms with Crippen LogP contribution in [0.25, 0.3) is 0 Å². The SMILES string of the molecule is O=C(O)C(O)=CC(=O)c1cc([SH]2C=CC=C2)n[nH]1. The number of carbonyl (C=O) groups excluding carboxylic acids is 1. The molecule has 0 fully saturated rings. The molecule has 2 rings (SSSR count). The van der Waals surface area contributed by atoms with E-state index in [0.29, 0.717) is 6.08 Å². The van der Waals surface area contributed by atoms with E-state index in [1.54, 1.807) is 6.07 Å². The van der Waals surface area contributed by atoms with E-state index < -0.39 is 28.4 Å². The second-order valence-electron chi connectivity index (χ2n) is 3.43. The molecule has 0 saturated carbocycles. The third kappa shape index (κ3) is 2.51. The molecule has 0 bridgehead atoms. The first-order valence-electron chi connectivity index (χ1n) is 4.95. The largest absolute Gasteiger partial charge is 0.502 e. The topological polar surface area (TPSA) is 103 Å². The molecule has 0 radical (unpaired) electrons. The Morgan fingerprint density at radius 3 is 2.56 bits per heavy atom. The van der Waals surface area contributed by atoms with Gasteiger partial charge in [-0.05, 0) is 10.8 Å². The molecule has 0 atom stereocenters. The Bertz CT molecular complexity index is 574. The second-order valence-corrected chi connectivity index (χ2v) is 5.30. The fourth-order valence-corrected chi connectivity index (χ4v) is 2.74. The van der Waals surface area contributed by atoms with E-state index in [-0.39, 0.29) is 5.69 Å². The lowest BCUT2D eigenvalue weighted by Gasteiger charge is -2.02. The smallest absolute Gasteiger partial charge is 0.371 e. The van der Waals surface area contributed by atoms with Crippen molar-refractivity contribution >= 4 is 22.6 Å². The number of aliphatic hydroxyl groups excluding tert-OH is 1. The number of carbonyl (C=O) groups is 2. The number of hydrogen-bond donors (Lipinski definition) is 4. The van der Waals surface area contributed by atoms with E-state index >= 15 is 0 Å². The highest BCUT2D eigenvalue weighted by molar-refractivity contribution is 8.22. The van der Waals surface area contributed by atoms with E-state index in [4.69, 9.17) is 10.2 Å². The molecule has 0 unspecified atom stereocenters. The normalized spacial score (nSPS) is 16.2. The molecule has 0 aliphatic carbocycles. The first-order valence-corrected chi connectivity index (χ1v) is 6.43. The molecule has 0 aromatic carbocycles. The van der Waals surface area contributed by atoms with Crippen LogP contribution in [-0.2, 0) is 4.79 Å². The second kappa shape index (κ2) is 4.92. The van der Waals surface area contributed by atoms with E-state index in [2.05, 4.69) is 10.2 Å². The number of aromatic amines is 1. The summed E-state index contributed by atoms with van der Waals surface area (Å²) in [5.41, 5.74) is 0.147. The zero-order valence-electron chi connectivity index (χ0n) is 9.07. The molecule has 1 aromatic heterocycles. The number of aliphatic hydroxyl groups is 1. The van der Waals surface area contributed by atoms with E-state index in [1.165, 1.54) is 0 Å². The van der Waals surface area contributed by atoms with Crippen LogP contribution >= 0.6 is 10.9 Å². The average molecular weight is 266 g/mol. The third-order valence-electron chi connectivity index (χ3n) is 2.19. The summed E-state index contributed by atoms with van der Waals surface area (Å²) in [5.74, 6) is -3.17. The predicted molar refractivity (Wildman–Crippen MR) is 66.8 cm³/mol. The summed E-state index contributed by atoms with van der Waals surface area (Å²) in [6, 6.07) is 1.56. The summed E-state index contributed by atoms with van der Waals surface area (Å²) < 4.78 is 0. The molecule has 7 heteroatoms. The number of carboxylic acid groups (broad SMARTS) is 1. The van der Waals surface area contributed by atoms with Crippen LogP contribution in [0.15, 0.2) is 45.9 Å². The van der Waals surface area contributed by atoms with Crippen LogP contribution < -0.4 is 0 Å². The van der Waals surface area contributed by atoms with E-state index in [1.807, 2.05) is 23.0 Å². The van der Waals surface area contributed by atoms with Crippen LogP contribution in [0.3, 0.4) is 0 Å². The van der Waals surface area contributed by atoms with Gasteiger partial charge in [0.2, 0.25) is 11.5 Å². The Morgan fingerprint density at radius 2 is 1.94 bits per heavy atom. The van der Waals surface area contributed by atoms with Crippen molar-refractivity contribution in [2.24, 2.45) is 0 Å². The minimum Gasteiger partial charge on any atom is -0.502 e. The van der Waals surface area contributed by atoms with Gasteiger partial charge in [0, 0.05) is 12.1 Å². The molecule has 6 nitrogen and oxygen atoms in total. The van der Waals surface area contributed by atoms with Crippen molar-refractivity contribution < 1.29 is 19.8 Å². The van der Waals surface area contributed by atoms with Gasteiger partial charge in [0.05, 0.1) is 0 Å². The molecule has 3 N–H and O–H groups in total.